The first kappa shape index (κ1) is 14.8. The van der Waals surface area contributed by atoms with Crippen molar-refractivity contribution in [3.05, 3.63) is 29.3 Å². The van der Waals surface area contributed by atoms with Gasteiger partial charge in [-0.3, -0.25) is 0 Å². The first-order valence-corrected chi connectivity index (χ1v) is 6.54. The lowest BCUT2D eigenvalue weighted by Crippen LogP contribution is -2.10. The molecule has 2 rings (SSSR count). The van der Waals surface area contributed by atoms with Crippen molar-refractivity contribution in [2.24, 2.45) is 12.8 Å². The number of aryl methyl sites for hydroxylation is 1. The van der Waals surface area contributed by atoms with Crippen LogP contribution in [0.3, 0.4) is 0 Å². The van der Waals surface area contributed by atoms with Crippen molar-refractivity contribution >= 4 is 11.8 Å². The molecule has 0 spiro atoms. The minimum Gasteiger partial charge on any atom is -0.330 e. The van der Waals surface area contributed by atoms with E-state index in [1.165, 1.54) is 10.7 Å². The summed E-state index contributed by atoms with van der Waals surface area (Å²) < 4.78 is 40.6. The van der Waals surface area contributed by atoms with E-state index in [1.807, 2.05) is 0 Å². The van der Waals surface area contributed by atoms with Gasteiger partial charge >= 0.3 is 6.18 Å². The molecule has 0 amide bonds. The average Bonchev–Trinajstić information content (AvgIpc) is 2.76. The Kier molecular flexibility index (Phi) is 4.29. The van der Waals surface area contributed by atoms with E-state index in [4.69, 9.17) is 5.73 Å². The van der Waals surface area contributed by atoms with E-state index in [9.17, 15) is 13.2 Å². The molecule has 0 aliphatic rings. The summed E-state index contributed by atoms with van der Waals surface area (Å²) in [6.45, 7) is 0.303. The molecule has 0 saturated heterocycles. The van der Waals surface area contributed by atoms with E-state index in [0.717, 1.165) is 17.8 Å². The van der Waals surface area contributed by atoms with Crippen LogP contribution >= 0.6 is 11.8 Å². The zero-order chi connectivity index (χ0) is 14.8. The Bertz CT molecular complexity index is 596. The largest absolute Gasteiger partial charge is 0.417 e. The van der Waals surface area contributed by atoms with Gasteiger partial charge in [-0.15, -0.1) is 5.10 Å². The molecule has 0 saturated carbocycles. The summed E-state index contributed by atoms with van der Waals surface area (Å²) in [5, 5.41) is 11.0. The van der Waals surface area contributed by atoms with Crippen LogP contribution in [-0.4, -0.2) is 26.8 Å². The molecular weight excluding hydrogens is 291 g/mol. The number of tetrazole rings is 1. The molecule has 0 bridgehead atoms. The van der Waals surface area contributed by atoms with Gasteiger partial charge in [0.2, 0.25) is 5.16 Å². The fraction of sp³-hybridized carbons (Fsp3) is 0.364. The maximum atomic E-state index is 13.1. The topological polar surface area (TPSA) is 69.6 Å². The van der Waals surface area contributed by atoms with Crippen LogP contribution in [0.15, 0.2) is 28.3 Å². The van der Waals surface area contributed by atoms with Crippen molar-refractivity contribution in [1.29, 1.82) is 0 Å². The van der Waals surface area contributed by atoms with Crippen molar-refractivity contribution in [3.63, 3.8) is 0 Å². The second-order valence-electron chi connectivity index (χ2n) is 4.05. The number of halogens is 3. The molecule has 5 nitrogen and oxygen atoms in total. The van der Waals surface area contributed by atoms with Crippen LogP contribution in [0, 0.1) is 0 Å². The number of hydrogen-bond acceptors (Lipinski definition) is 5. The van der Waals surface area contributed by atoms with E-state index in [2.05, 4.69) is 15.5 Å². The van der Waals surface area contributed by atoms with Crippen LogP contribution in [0.2, 0.25) is 0 Å². The van der Waals surface area contributed by atoms with Gasteiger partial charge < -0.3 is 5.73 Å². The normalized spacial score (nSPS) is 11.8. The highest BCUT2D eigenvalue weighted by atomic mass is 32.2. The summed E-state index contributed by atoms with van der Waals surface area (Å²) in [6.07, 6.45) is -4.03. The maximum Gasteiger partial charge on any atom is 0.417 e. The van der Waals surface area contributed by atoms with Crippen LogP contribution < -0.4 is 5.73 Å². The molecule has 0 fully saturated rings. The minimum absolute atomic E-state index is 0.0659. The Balaban J connectivity index is 2.39. The van der Waals surface area contributed by atoms with Gasteiger partial charge in [0.1, 0.15) is 0 Å². The molecule has 1 heterocycles. The van der Waals surface area contributed by atoms with Gasteiger partial charge in [0, 0.05) is 11.9 Å². The standard InChI is InChI=1S/C11H12F3N5S/c1-19-10(16-17-18-19)20-9-3-2-7(4-5-15)6-8(9)11(12,13)14/h2-3,6H,4-5,15H2,1H3. The molecule has 0 unspecified atom stereocenters. The predicted octanol–water partition coefficient (Wildman–Crippen LogP) is 1.88. The Morgan fingerprint density at radius 2 is 2.10 bits per heavy atom. The molecule has 0 aliphatic heterocycles. The van der Waals surface area contributed by atoms with Crippen LogP contribution in [0.4, 0.5) is 13.2 Å². The van der Waals surface area contributed by atoms with Gasteiger partial charge in [0.15, 0.2) is 0 Å². The molecule has 20 heavy (non-hydrogen) atoms. The summed E-state index contributed by atoms with van der Waals surface area (Å²) in [7, 11) is 1.57. The molecule has 2 N–H and O–H groups in total. The Morgan fingerprint density at radius 3 is 2.65 bits per heavy atom. The third kappa shape index (κ3) is 3.28. The van der Waals surface area contributed by atoms with Gasteiger partial charge in [-0.2, -0.15) is 13.2 Å². The molecule has 2 aromatic rings. The number of nitrogens with zero attached hydrogens (tertiary/aromatic N) is 4. The lowest BCUT2D eigenvalue weighted by molar-refractivity contribution is -0.139. The van der Waals surface area contributed by atoms with E-state index >= 15 is 0 Å². The summed E-state index contributed by atoms with van der Waals surface area (Å²) in [6, 6.07) is 4.18. The summed E-state index contributed by atoms with van der Waals surface area (Å²) in [5.41, 5.74) is 5.23. The number of aromatic nitrogens is 4. The SMILES string of the molecule is Cn1nnnc1Sc1ccc(CCN)cc1C(F)(F)F. The third-order valence-corrected chi connectivity index (χ3v) is 3.67. The molecule has 108 valence electrons. The van der Waals surface area contributed by atoms with Gasteiger partial charge in [-0.05, 0) is 52.9 Å². The lowest BCUT2D eigenvalue weighted by atomic mass is 10.1. The van der Waals surface area contributed by atoms with Crippen molar-refractivity contribution in [2.75, 3.05) is 6.54 Å². The first-order valence-electron chi connectivity index (χ1n) is 5.72. The summed E-state index contributed by atoms with van der Waals surface area (Å²) in [5.74, 6) is 0. The molecule has 1 aromatic carbocycles. The maximum absolute atomic E-state index is 13.1. The van der Waals surface area contributed by atoms with E-state index in [-0.39, 0.29) is 4.90 Å². The highest BCUT2D eigenvalue weighted by Crippen LogP contribution is 2.39. The van der Waals surface area contributed by atoms with Gasteiger partial charge in [0.25, 0.3) is 0 Å². The number of nitrogens with two attached hydrogens (primary N) is 1. The Morgan fingerprint density at radius 1 is 1.35 bits per heavy atom. The number of alkyl halides is 3. The second kappa shape index (κ2) is 5.80. The van der Waals surface area contributed by atoms with Gasteiger partial charge in [0.05, 0.1) is 5.56 Å². The van der Waals surface area contributed by atoms with Crippen LogP contribution in [0.25, 0.3) is 0 Å². The fourth-order valence-electron chi connectivity index (χ4n) is 1.62. The Hall–Kier alpha value is -1.61. The zero-order valence-electron chi connectivity index (χ0n) is 10.6. The highest BCUT2D eigenvalue weighted by molar-refractivity contribution is 7.99. The number of benzene rings is 1. The fourth-order valence-corrected chi connectivity index (χ4v) is 2.48. The van der Waals surface area contributed by atoms with E-state index in [0.29, 0.717) is 23.7 Å². The molecule has 0 radical (unpaired) electrons. The smallest absolute Gasteiger partial charge is 0.330 e. The van der Waals surface area contributed by atoms with Crippen molar-refractivity contribution in [3.8, 4) is 0 Å². The number of rotatable bonds is 4. The lowest BCUT2D eigenvalue weighted by Gasteiger charge is -2.13. The molecule has 0 atom stereocenters. The highest BCUT2D eigenvalue weighted by Gasteiger charge is 2.34. The average molecular weight is 303 g/mol. The quantitative estimate of drug-likeness (QED) is 0.934. The van der Waals surface area contributed by atoms with Crippen molar-refractivity contribution in [1.82, 2.24) is 20.2 Å². The van der Waals surface area contributed by atoms with Gasteiger partial charge in [-0.1, -0.05) is 6.07 Å². The molecule has 1 aromatic heterocycles. The van der Waals surface area contributed by atoms with Crippen molar-refractivity contribution in [2.45, 2.75) is 22.6 Å². The van der Waals surface area contributed by atoms with Crippen LogP contribution in [0.1, 0.15) is 11.1 Å². The van der Waals surface area contributed by atoms with Crippen molar-refractivity contribution < 1.29 is 13.2 Å². The van der Waals surface area contributed by atoms with Crippen LogP contribution in [-0.2, 0) is 19.6 Å². The first-order chi connectivity index (χ1) is 9.41. The third-order valence-electron chi connectivity index (χ3n) is 2.56. The molecular formula is C11H12F3N5S. The second-order valence-corrected chi connectivity index (χ2v) is 5.06. The van der Waals surface area contributed by atoms with Gasteiger partial charge in [-0.25, -0.2) is 4.68 Å². The van der Waals surface area contributed by atoms with E-state index < -0.39 is 11.7 Å². The minimum atomic E-state index is -4.43. The summed E-state index contributed by atoms with van der Waals surface area (Å²) in [4.78, 5) is 0.0659. The Labute approximate surface area is 117 Å². The van der Waals surface area contributed by atoms with Crippen LogP contribution in [0.5, 0.6) is 0 Å². The summed E-state index contributed by atoms with van der Waals surface area (Å²) >= 11 is 0.877. The monoisotopic (exact) mass is 303 g/mol. The van der Waals surface area contributed by atoms with E-state index in [1.54, 1.807) is 13.1 Å². The molecule has 9 heteroatoms. The number of hydrogen-bond donors (Lipinski definition) is 1. The zero-order valence-corrected chi connectivity index (χ0v) is 11.4. The molecule has 0 aliphatic carbocycles. The predicted molar refractivity (Wildman–Crippen MR) is 67.1 cm³/mol.